The normalized spacial score (nSPS) is 31.0. The second kappa shape index (κ2) is 7.57. The summed E-state index contributed by atoms with van der Waals surface area (Å²) in [6, 6.07) is 10.7. The van der Waals surface area contributed by atoms with Gasteiger partial charge in [0.1, 0.15) is 0 Å². The van der Waals surface area contributed by atoms with E-state index in [0.717, 1.165) is 29.9 Å². The maximum Gasteiger partial charge on any atom is 0.170 e. The fourth-order valence-electron chi connectivity index (χ4n) is 7.02. The summed E-state index contributed by atoms with van der Waals surface area (Å²) in [7, 11) is 0. The van der Waals surface area contributed by atoms with Crippen LogP contribution in [-0.2, 0) is 22.4 Å². The molecule has 3 aliphatic rings. The fourth-order valence-corrected chi connectivity index (χ4v) is 7.25. The van der Waals surface area contributed by atoms with Crippen molar-refractivity contribution in [1.29, 1.82) is 0 Å². The van der Waals surface area contributed by atoms with Crippen molar-refractivity contribution in [2.45, 2.75) is 78.9 Å². The maximum atomic E-state index is 14.0. The van der Waals surface area contributed by atoms with Crippen molar-refractivity contribution in [2.75, 3.05) is 0 Å². The maximum absolute atomic E-state index is 14.0. The Morgan fingerprint density at radius 1 is 1.06 bits per heavy atom. The lowest BCUT2D eigenvalue weighted by Crippen LogP contribution is -2.42. The zero-order valence-corrected chi connectivity index (χ0v) is 20.8. The van der Waals surface area contributed by atoms with Crippen molar-refractivity contribution in [1.82, 2.24) is 0 Å². The molecule has 5 rings (SSSR count). The highest BCUT2D eigenvalue weighted by atomic mass is 35.5. The second-order valence-electron chi connectivity index (χ2n) is 10.2. The van der Waals surface area contributed by atoms with Gasteiger partial charge in [-0.05, 0) is 80.0 Å². The van der Waals surface area contributed by atoms with E-state index in [0.29, 0.717) is 11.7 Å². The lowest BCUT2D eigenvalue weighted by molar-refractivity contribution is -0.119. The van der Waals surface area contributed by atoms with Crippen molar-refractivity contribution in [3.8, 4) is 0 Å². The molecule has 3 heteroatoms. The molecule has 0 radical (unpaired) electrons. The van der Waals surface area contributed by atoms with Gasteiger partial charge in [0, 0.05) is 21.9 Å². The molecule has 0 N–H and O–H groups in total. The first-order valence-electron chi connectivity index (χ1n) is 12.0. The van der Waals surface area contributed by atoms with E-state index >= 15 is 0 Å². The summed E-state index contributed by atoms with van der Waals surface area (Å²) in [6.07, 6.45) is 2.80. The lowest BCUT2D eigenvalue weighted by Gasteiger charge is -2.38. The van der Waals surface area contributed by atoms with Crippen LogP contribution in [0.25, 0.3) is 5.57 Å². The molecule has 0 saturated carbocycles. The van der Waals surface area contributed by atoms with Crippen molar-refractivity contribution in [3.05, 3.63) is 74.3 Å². The molecule has 2 bridgehead atoms. The molecule has 32 heavy (non-hydrogen) atoms. The topological polar surface area (TPSA) is 26.3 Å². The number of ketones is 1. The Bertz CT molecular complexity index is 1130. The van der Waals surface area contributed by atoms with E-state index in [-0.39, 0.29) is 23.5 Å². The van der Waals surface area contributed by atoms with Crippen LogP contribution in [0.5, 0.6) is 0 Å². The third kappa shape index (κ3) is 2.85. The number of carbonyl (C=O) groups is 1. The molecule has 2 saturated heterocycles. The summed E-state index contributed by atoms with van der Waals surface area (Å²) in [5.41, 5.74) is 9.56. The van der Waals surface area contributed by atoms with Crippen LogP contribution < -0.4 is 0 Å². The van der Waals surface area contributed by atoms with Crippen molar-refractivity contribution in [2.24, 2.45) is 11.3 Å². The Morgan fingerprint density at radius 2 is 1.72 bits per heavy atom. The van der Waals surface area contributed by atoms with Gasteiger partial charge in [-0.15, -0.1) is 0 Å². The highest BCUT2D eigenvalue weighted by Crippen LogP contribution is 2.65. The highest BCUT2D eigenvalue weighted by molar-refractivity contribution is 6.30. The predicted octanol–water partition coefficient (Wildman–Crippen LogP) is 7.02. The number of ether oxygens (including phenoxy) is 1. The largest absolute Gasteiger partial charge is 0.373 e. The van der Waals surface area contributed by atoms with Crippen LogP contribution in [0.1, 0.15) is 73.4 Å². The first-order chi connectivity index (χ1) is 15.2. The SMILES string of the molecule is CCc1cc(C)cc(CC)c1C1=C(C)[C@]2(C)[C@@H]3O[C@@H](CC3c3ccc(Cl)cc3C)[C@@H]2C1=O. The Hall–Kier alpha value is -1.90. The average Bonchev–Trinajstić information content (AvgIpc) is 3.36. The van der Waals surface area contributed by atoms with Gasteiger partial charge in [-0.25, -0.2) is 0 Å². The molecule has 2 aromatic rings. The summed E-state index contributed by atoms with van der Waals surface area (Å²) in [5, 5.41) is 0.771. The molecule has 0 spiro atoms. The van der Waals surface area contributed by atoms with E-state index < -0.39 is 0 Å². The molecular weight excluding hydrogens is 416 g/mol. The molecule has 0 aromatic heterocycles. The number of Topliss-reactive ketones (excluding diaryl/α,β-unsaturated/α-hetero) is 1. The van der Waals surface area contributed by atoms with Crippen LogP contribution in [-0.4, -0.2) is 18.0 Å². The molecule has 1 unspecified atom stereocenters. The first-order valence-corrected chi connectivity index (χ1v) is 12.4. The minimum Gasteiger partial charge on any atom is -0.373 e. The van der Waals surface area contributed by atoms with E-state index in [1.807, 2.05) is 12.1 Å². The number of hydrogen-bond acceptors (Lipinski definition) is 2. The molecule has 0 amide bonds. The van der Waals surface area contributed by atoms with Crippen LogP contribution in [0, 0.1) is 25.2 Å². The minimum atomic E-state index is -0.257. The standard InChI is InChI=1S/C29H33ClO2/c1-7-18-11-15(3)12-19(8-2)25(18)24-17(5)29(6)26(27(24)31)23-14-22(28(29)32-23)21-10-9-20(30)13-16(21)4/h9-13,22-23,26,28H,7-8,14H2,1-6H3/t22?,23-,26+,28+,29-/m0/s1. The number of allylic oxidation sites excluding steroid dienone is 1. The Balaban J connectivity index is 1.65. The van der Waals surface area contributed by atoms with Crippen molar-refractivity contribution in [3.63, 3.8) is 0 Å². The summed E-state index contributed by atoms with van der Waals surface area (Å²) < 4.78 is 6.56. The summed E-state index contributed by atoms with van der Waals surface area (Å²) in [6.45, 7) is 13.2. The van der Waals surface area contributed by atoms with Gasteiger partial charge in [-0.3, -0.25) is 4.79 Å². The van der Waals surface area contributed by atoms with Crippen molar-refractivity contribution < 1.29 is 9.53 Å². The molecular formula is C29H33ClO2. The summed E-state index contributed by atoms with van der Waals surface area (Å²) >= 11 is 6.23. The molecule has 2 fully saturated rings. The number of rotatable bonds is 4. The Morgan fingerprint density at radius 3 is 2.31 bits per heavy atom. The highest BCUT2D eigenvalue weighted by Gasteiger charge is 2.68. The number of aryl methyl sites for hydroxylation is 4. The molecule has 2 aromatic carbocycles. The Kier molecular flexibility index (Phi) is 5.18. The number of benzene rings is 2. The first kappa shape index (κ1) is 21.9. The van der Waals surface area contributed by atoms with Crippen molar-refractivity contribution >= 4 is 23.0 Å². The van der Waals surface area contributed by atoms with E-state index in [1.54, 1.807) is 0 Å². The smallest absolute Gasteiger partial charge is 0.170 e. The molecule has 1 aliphatic carbocycles. The third-order valence-corrected chi connectivity index (χ3v) is 8.82. The molecule has 2 aliphatic heterocycles. The summed E-state index contributed by atoms with van der Waals surface area (Å²) in [4.78, 5) is 14.0. The third-order valence-electron chi connectivity index (χ3n) is 8.58. The van der Waals surface area contributed by atoms with Crippen LogP contribution in [0.4, 0.5) is 0 Å². The zero-order chi connectivity index (χ0) is 22.9. The number of carbonyl (C=O) groups excluding carboxylic acids is 1. The molecule has 2 heterocycles. The van der Waals surface area contributed by atoms with Gasteiger partial charge in [0.15, 0.2) is 5.78 Å². The van der Waals surface area contributed by atoms with E-state index in [4.69, 9.17) is 16.3 Å². The second-order valence-corrected chi connectivity index (χ2v) is 10.7. The van der Waals surface area contributed by atoms with E-state index in [1.165, 1.54) is 39.0 Å². The van der Waals surface area contributed by atoms with Gasteiger partial charge < -0.3 is 4.74 Å². The monoisotopic (exact) mass is 448 g/mol. The van der Waals surface area contributed by atoms with Gasteiger partial charge >= 0.3 is 0 Å². The van der Waals surface area contributed by atoms with Crippen LogP contribution in [0.3, 0.4) is 0 Å². The van der Waals surface area contributed by atoms with Crippen LogP contribution in [0.15, 0.2) is 35.9 Å². The molecule has 168 valence electrons. The predicted molar refractivity (Wildman–Crippen MR) is 131 cm³/mol. The molecule has 2 nitrogen and oxygen atoms in total. The Labute approximate surface area is 197 Å². The number of halogens is 1. The van der Waals surface area contributed by atoms with E-state index in [2.05, 4.69) is 59.7 Å². The van der Waals surface area contributed by atoms with Gasteiger partial charge in [-0.2, -0.15) is 0 Å². The fraction of sp³-hybridized carbons (Fsp3) is 0.483. The average molecular weight is 449 g/mol. The van der Waals surface area contributed by atoms with E-state index in [9.17, 15) is 4.79 Å². The van der Waals surface area contributed by atoms with Crippen LogP contribution >= 0.6 is 11.6 Å². The minimum absolute atomic E-state index is 0.00868. The lowest BCUT2D eigenvalue weighted by atomic mass is 9.61. The van der Waals surface area contributed by atoms with Gasteiger partial charge in [0.2, 0.25) is 0 Å². The number of hydrogen-bond donors (Lipinski definition) is 0. The zero-order valence-electron chi connectivity index (χ0n) is 20.0. The van der Waals surface area contributed by atoms with Gasteiger partial charge in [0.05, 0.1) is 18.1 Å². The molecule has 5 atom stereocenters. The van der Waals surface area contributed by atoms with Gasteiger partial charge in [-0.1, -0.05) is 61.7 Å². The number of fused-ring (bicyclic) bond motifs is 5. The summed E-state index contributed by atoms with van der Waals surface area (Å²) in [5.74, 6) is 0.536. The van der Waals surface area contributed by atoms with Gasteiger partial charge in [0.25, 0.3) is 0 Å². The quantitative estimate of drug-likeness (QED) is 0.502. The van der Waals surface area contributed by atoms with Crippen LogP contribution in [0.2, 0.25) is 5.02 Å².